The van der Waals surface area contributed by atoms with Crippen LogP contribution in [0.4, 0.5) is 26.3 Å². The monoisotopic (exact) mass is 315 g/mol. The smallest absolute Gasteiger partial charge is 0.421 e. The summed E-state index contributed by atoms with van der Waals surface area (Å²) in [6.07, 6.45) is 0. The highest BCUT2D eigenvalue weighted by Crippen LogP contribution is 2.36. The third-order valence-electron chi connectivity index (χ3n) is 0.781. The molecule has 0 aliphatic carbocycles. The highest BCUT2D eigenvalue weighted by atomic mass is 32.3. The summed E-state index contributed by atoms with van der Waals surface area (Å²) in [5.74, 6) is 0. The number of hydrogen-bond acceptors (Lipinski definition) is 4. The minimum atomic E-state index is -6.72. The van der Waals surface area contributed by atoms with Crippen molar-refractivity contribution in [3.05, 3.63) is 4.13 Å². The van der Waals surface area contributed by atoms with Gasteiger partial charge >= 0.3 is 11.0 Å². The molecule has 0 aromatic carbocycles. The zero-order chi connectivity index (χ0) is 12.7. The van der Waals surface area contributed by atoms with Gasteiger partial charge in [0.1, 0.15) is 0 Å². The fourth-order valence-corrected chi connectivity index (χ4v) is 1.92. The van der Waals surface area contributed by atoms with E-state index in [1.165, 1.54) is 0 Å². The van der Waals surface area contributed by atoms with Crippen molar-refractivity contribution in [1.29, 1.82) is 0 Å². The Bertz CT molecular complexity index is 390. The first-order valence-corrected chi connectivity index (χ1v) is 5.45. The van der Waals surface area contributed by atoms with E-state index in [1.807, 2.05) is 0 Å². The Morgan fingerprint density at radius 2 is 0.875 bits per heavy atom. The fourth-order valence-electron chi connectivity index (χ4n) is 0.214. The standard InChI is InChI=1S/C2F6NO4S2.H3P/c3-1(4,5)14(10,11)9-15(12,13)2(6,7)8;/h;1H3/q-1;/p+1. The van der Waals surface area contributed by atoms with Crippen LogP contribution < -0.4 is 0 Å². The molecule has 0 heterocycles. The second-order valence-electron chi connectivity index (χ2n) is 1.92. The average Bonchev–Trinajstić information content (AvgIpc) is 1.77. The molecule has 14 heteroatoms. The summed E-state index contributed by atoms with van der Waals surface area (Å²) in [7, 11) is -13.4. The molecular formula is C2H4F6NO4PS2. The van der Waals surface area contributed by atoms with E-state index in [1.54, 1.807) is 0 Å². The highest BCUT2D eigenvalue weighted by Gasteiger charge is 2.46. The summed E-state index contributed by atoms with van der Waals surface area (Å²) in [5, 5.41) is 0. The van der Waals surface area contributed by atoms with Gasteiger partial charge in [0.15, 0.2) is 20.0 Å². The molecule has 0 radical (unpaired) electrons. The Kier molecular flexibility index (Phi) is 5.27. The maximum atomic E-state index is 11.4. The lowest BCUT2D eigenvalue weighted by molar-refractivity contribution is -0.0444. The van der Waals surface area contributed by atoms with E-state index in [0.29, 0.717) is 0 Å². The van der Waals surface area contributed by atoms with Crippen LogP contribution in [0.5, 0.6) is 0 Å². The van der Waals surface area contributed by atoms with Crippen molar-refractivity contribution in [2.24, 2.45) is 0 Å². The minimum Gasteiger partial charge on any atom is -0.421 e. The van der Waals surface area contributed by atoms with Crippen molar-refractivity contribution < 1.29 is 43.2 Å². The highest BCUT2D eigenvalue weighted by molar-refractivity contribution is 8.13. The molecule has 0 spiro atoms. The molecule has 1 atom stereocenters. The molecule has 0 bridgehead atoms. The summed E-state index contributed by atoms with van der Waals surface area (Å²) < 4.78 is 109. The Labute approximate surface area is 88.9 Å². The van der Waals surface area contributed by atoms with Crippen molar-refractivity contribution in [1.82, 2.24) is 0 Å². The summed E-state index contributed by atoms with van der Waals surface area (Å²) in [5.41, 5.74) is -12.4. The van der Waals surface area contributed by atoms with E-state index < -0.39 is 31.1 Å². The Morgan fingerprint density at radius 3 is 1.00 bits per heavy atom. The van der Waals surface area contributed by atoms with E-state index >= 15 is 0 Å². The summed E-state index contributed by atoms with van der Waals surface area (Å²) in [6.45, 7) is 0. The van der Waals surface area contributed by atoms with Crippen molar-refractivity contribution in [2.75, 3.05) is 0 Å². The fraction of sp³-hybridized carbons (Fsp3) is 1.00. The zero-order valence-corrected chi connectivity index (χ0v) is 10.8. The number of nitrogens with zero attached hydrogens (tertiary/aromatic N) is 1. The van der Waals surface area contributed by atoms with Crippen molar-refractivity contribution >= 4 is 29.9 Å². The van der Waals surface area contributed by atoms with Crippen LogP contribution in [0.25, 0.3) is 4.13 Å². The van der Waals surface area contributed by atoms with Gasteiger partial charge in [-0.25, -0.2) is 16.8 Å². The van der Waals surface area contributed by atoms with E-state index in [-0.39, 0.29) is 9.90 Å². The number of alkyl halides is 6. The lowest BCUT2D eigenvalue weighted by atomic mass is 11.6. The van der Waals surface area contributed by atoms with Crippen LogP contribution in [-0.4, -0.2) is 27.9 Å². The van der Waals surface area contributed by atoms with Gasteiger partial charge in [0, 0.05) is 0 Å². The zero-order valence-electron chi connectivity index (χ0n) is 7.16. The predicted molar refractivity (Wildman–Crippen MR) is 45.8 cm³/mol. The largest absolute Gasteiger partial charge is 0.480 e. The molecule has 0 aliphatic heterocycles. The molecule has 0 saturated heterocycles. The molecule has 0 amide bonds. The average molecular weight is 315 g/mol. The van der Waals surface area contributed by atoms with Crippen molar-refractivity contribution in [3.8, 4) is 0 Å². The quantitative estimate of drug-likeness (QED) is 0.559. The molecule has 0 saturated carbocycles. The molecule has 100 valence electrons. The number of sulfonamides is 2. The first-order valence-electron chi connectivity index (χ1n) is 2.57. The third-order valence-corrected chi connectivity index (χ3v) is 3.52. The lowest BCUT2D eigenvalue weighted by Crippen LogP contribution is -2.30. The molecule has 0 aliphatic rings. The SMILES string of the molecule is O=S(=O)([N-]S(=O)(=O)C(F)(F)F)C(F)(F)F.[PH4+]. The molecule has 5 nitrogen and oxygen atoms in total. The van der Waals surface area contributed by atoms with Gasteiger partial charge in [-0.3, -0.25) is 0 Å². The first-order chi connectivity index (χ1) is 6.21. The number of rotatable bonds is 2. The Morgan fingerprint density at radius 1 is 0.688 bits per heavy atom. The maximum absolute atomic E-state index is 11.4. The second-order valence-corrected chi connectivity index (χ2v) is 5.34. The van der Waals surface area contributed by atoms with Crippen LogP contribution in [0.15, 0.2) is 0 Å². The van der Waals surface area contributed by atoms with Gasteiger partial charge in [-0.05, 0) is 9.90 Å². The van der Waals surface area contributed by atoms with Gasteiger partial charge in [0.05, 0.1) is 0 Å². The summed E-state index contributed by atoms with van der Waals surface area (Å²) in [6, 6.07) is 0. The molecule has 0 N–H and O–H groups in total. The minimum absolute atomic E-state index is 0. The number of hydrogen-bond donors (Lipinski definition) is 0. The summed E-state index contributed by atoms with van der Waals surface area (Å²) >= 11 is 0. The first kappa shape index (κ1) is 18.2. The van der Waals surface area contributed by atoms with E-state index in [0.717, 1.165) is 4.13 Å². The maximum Gasteiger partial charge on any atom is 0.480 e. The molecule has 0 aromatic rings. The van der Waals surface area contributed by atoms with Crippen LogP contribution in [0.2, 0.25) is 0 Å². The third kappa shape index (κ3) is 4.03. The van der Waals surface area contributed by atoms with E-state index in [2.05, 4.69) is 0 Å². The van der Waals surface area contributed by atoms with Gasteiger partial charge in [-0.1, -0.05) is 0 Å². The van der Waals surface area contributed by atoms with Crippen LogP contribution in [0.1, 0.15) is 0 Å². The molecule has 0 fully saturated rings. The molecule has 0 rings (SSSR count). The Balaban J connectivity index is 0. The van der Waals surface area contributed by atoms with Crippen LogP contribution in [0.3, 0.4) is 0 Å². The molecule has 16 heavy (non-hydrogen) atoms. The van der Waals surface area contributed by atoms with Gasteiger partial charge in [0.25, 0.3) is 0 Å². The van der Waals surface area contributed by atoms with Gasteiger partial charge in [-0.2, -0.15) is 26.3 Å². The van der Waals surface area contributed by atoms with Gasteiger partial charge in [-0.15, -0.1) is 0 Å². The normalized spacial score (nSPS) is 14.4. The van der Waals surface area contributed by atoms with Crippen molar-refractivity contribution in [3.63, 3.8) is 0 Å². The van der Waals surface area contributed by atoms with E-state index in [9.17, 15) is 43.2 Å². The van der Waals surface area contributed by atoms with Gasteiger partial charge in [0.2, 0.25) is 0 Å². The Hall–Kier alpha value is -0.130. The molecular weight excluding hydrogens is 311 g/mol. The topological polar surface area (TPSA) is 82.4 Å². The molecule has 0 aromatic heterocycles. The predicted octanol–water partition coefficient (Wildman–Crippen LogP) is 0.850. The summed E-state index contributed by atoms with van der Waals surface area (Å²) in [4.78, 5) is 0. The van der Waals surface area contributed by atoms with Crippen LogP contribution in [0, 0.1) is 0 Å². The van der Waals surface area contributed by atoms with E-state index in [4.69, 9.17) is 0 Å². The number of halogens is 6. The van der Waals surface area contributed by atoms with Gasteiger partial charge < -0.3 is 4.13 Å². The lowest BCUT2D eigenvalue weighted by Gasteiger charge is -2.22. The molecule has 1 unspecified atom stereocenters. The van der Waals surface area contributed by atoms with Crippen LogP contribution in [-0.2, 0) is 20.0 Å². The van der Waals surface area contributed by atoms with Crippen molar-refractivity contribution in [2.45, 2.75) is 11.0 Å². The second kappa shape index (κ2) is 4.63. The van der Waals surface area contributed by atoms with Crippen LogP contribution >= 0.6 is 9.90 Å².